The lowest BCUT2D eigenvalue weighted by Gasteiger charge is -2.26. The fourth-order valence-corrected chi connectivity index (χ4v) is 3.96. The maximum atomic E-state index is 13.2. The van der Waals surface area contributed by atoms with Gasteiger partial charge in [-0.2, -0.15) is 0 Å². The molecule has 1 amide bonds. The zero-order chi connectivity index (χ0) is 22.2. The first-order valence-corrected chi connectivity index (χ1v) is 10.4. The molecule has 0 radical (unpaired) electrons. The van der Waals surface area contributed by atoms with E-state index in [9.17, 15) is 25.1 Å². The third-order valence-electron chi connectivity index (χ3n) is 4.46. The third-order valence-corrected chi connectivity index (χ3v) is 5.47. The Kier molecular flexibility index (Phi) is 7.90. The molecule has 2 aromatic carbocycles. The molecular weight excluding hydrogens is 420 g/mol. The number of nitrogens with zero attached hydrogens (tertiary/aromatic N) is 4. The number of para-hydroxylation sites is 2. The first kappa shape index (κ1) is 22.6. The molecule has 1 fully saturated rings. The van der Waals surface area contributed by atoms with Gasteiger partial charge >= 0.3 is 0 Å². The molecule has 1 saturated heterocycles. The number of nitro groups is 1. The number of hydrogen-bond acceptors (Lipinski definition) is 8. The van der Waals surface area contributed by atoms with Crippen molar-refractivity contribution < 1.29 is 19.9 Å². The van der Waals surface area contributed by atoms with Crippen molar-refractivity contribution in [2.24, 2.45) is 4.99 Å². The number of carbonyl (C=O) groups excluding carboxylic acids is 1. The van der Waals surface area contributed by atoms with Crippen molar-refractivity contribution in [3.63, 3.8) is 0 Å². The first-order chi connectivity index (χ1) is 15.0. The Morgan fingerprint density at radius 2 is 1.71 bits per heavy atom. The topological polar surface area (TPSA) is 120 Å². The number of aliphatic hydroxyl groups is 2. The average molecular weight is 442 g/mol. The smallest absolute Gasteiger partial charge is 0.276 e. The monoisotopic (exact) mass is 442 g/mol. The van der Waals surface area contributed by atoms with Gasteiger partial charge in [-0.25, -0.2) is 4.99 Å². The summed E-state index contributed by atoms with van der Waals surface area (Å²) in [5, 5.41) is 30.3. The van der Waals surface area contributed by atoms with Crippen molar-refractivity contribution in [3.8, 4) is 0 Å². The first-order valence-electron chi connectivity index (χ1n) is 9.56. The Bertz CT molecular complexity index is 990. The van der Waals surface area contributed by atoms with Crippen molar-refractivity contribution in [2.75, 3.05) is 33.0 Å². The lowest BCUT2D eigenvalue weighted by Crippen LogP contribution is -2.43. The van der Waals surface area contributed by atoms with Crippen LogP contribution in [0.2, 0.25) is 0 Å². The summed E-state index contributed by atoms with van der Waals surface area (Å²) >= 11 is 1.13. The molecule has 0 aliphatic carbocycles. The molecule has 0 saturated carbocycles. The van der Waals surface area contributed by atoms with Crippen molar-refractivity contribution in [2.45, 2.75) is 0 Å². The Labute approximate surface area is 183 Å². The van der Waals surface area contributed by atoms with Crippen molar-refractivity contribution in [3.05, 3.63) is 75.2 Å². The highest BCUT2D eigenvalue weighted by Crippen LogP contribution is 2.35. The maximum Gasteiger partial charge on any atom is 0.276 e. The van der Waals surface area contributed by atoms with Crippen molar-refractivity contribution >= 4 is 40.3 Å². The number of hydrogen-bond donors (Lipinski definition) is 2. The highest BCUT2D eigenvalue weighted by molar-refractivity contribution is 8.18. The zero-order valence-electron chi connectivity index (χ0n) is 16.6. The summed E-state index contributed by atoms with van der Waals surface area (Å²) in [5.41, 5.74) is 0.892. The lowest BCUT2D eigenvalue weighted by atomic mass is 10.1. The molecule has 162 valence electrons. The standard InChI is InChI=1S/C21H22N4O5S/c26-12-10-23(11-13-27)15-24-20(28)19(14-16-6-4-5-9-18(16)25(29)30)31-21(24)22-17-7-2-1-3-8-17/h1-9,14,26-27H,10-13,15H2/b19-14+,22-21?. The van der Waals surface area contributed by atoms with Gasteiger partial charge in [-0.05, 0) is 36.0 Å². The summed E-state index contributed by atoms with van der Waals surface area (Å²) in [6, 6.07) is 15.3. The molecule has 2 aromatic rings. The second kappa shape index (κ2) is 10.8. The summed E-state index contributed by atoms with van der Waals surface area (Å²) < 4.78 is 0. The van der Waals surface area contributed by atoms with E-state index in [1.54, 1.807) is 35.2 Å². The molecule has 0 atom stereocenters. The molecule has 1 aliphatic heterocycles. The number of carbonyl (C=O) groups is 1. The van der Waals surface area contributed by atoms with E-state index in [0.717, 1.165) is 11.8 Å². The molecule has 1 heterocycles. The van der Waals surface area contributed by atoms with Crippen LogP contribution >= 0.6 is 11.8 Å². The number of aliphatic hydroxyl groups excluding tert-OH is 2. The summed E-state index contributed by atoms with van der Waals surface area (Å²) in [5.74, 6) is -0.348. The van der Waals surface area contributed by atoms with Gasteiger partial charge in [0.2, 0.25) is 0 Å². The van der Waals surface area contributed by atoms with E-state index in [2.05, 4.69) is 4.99 Å². The largest absolute Gasteiger partial charge is 0.395 e. The highest BCUT2D eigenvalue weighted by Gasteiger charge is 2.35. The fourth-order valence-electron chi connectivity index (χ4n) is 2.98. The van der Waals surface area contributed by atoms with E-state index >= 15 is 0 Å². The van der Waals surface area contributed by atoms with Crippen LogP contribution in [-0.2, 0) is 4.79 Å². The average Bonchev–Trinajstić information content (AvgIpc) is 3.04. The van der Waals surface area contributed by atoms with Gasteiger partial charge in [0, 0.05) is 19.2 Å². The Morgan fingerprint density at radius 3 is 2.35 bits per heavy atom. The molecule has 1 aliphatic rings. The molecule has 31 heavy (non-hydrogen) atoms. The number of amidine groups is 1. The molecule has 0 spiro atoms. The zero-order valence-corrected chi connectivity index (χ0v) is 17.4. The molecule has 2 N–H and O–H groups in total. The number of thioether (sulfide) groups is 1. The quantitative estimate of drug-likeness (QED) is 0.348. The Hall–Kier alpha value is -3.05. The highest BCUT2D eigenvalue weighted by atomic mass is 32.2. The van der Waals surface area contributed by atoms with Crippen LogP contribution < -0.4 is 0 Å². The Balaban J connectivity index is 1.98. The minimum atomic E-state index is -0.489. The number of nitro benzene ring substituents is 1. The molecular formula is C21H22N4O5S. The number of aliphatic imine (C=N–C) groups is 1. The van der Waals surface area contributed by atoms with E-state index < -0.39 is 4.92 Å². The summed E-state index contributed by atoms with van der Waals surface area (Å²) in [6.07, 6.45) is 1.49. The van der Waals surface area contributed by atoms with Crippen LogP contribution in [0.5, 0.6) is 0 Å². The van der Waals surface area contributed by atoms with E-state index in [4.69, 9.17) is 0 Å². The van der Waals surface area contributed by atoms with Gasteiger partial charge in [0.05, 0.1) is 41.0 Å². The second-order valence-corrected chi connectivity index (χ2v) is 7.61. The summed E-state index contributed by atoms with van der Waals surface area (Å²) in [4.78, 5) is 32.1. The normalized spacial score (nSPS) is 16.6. The van der Waals surface area contributed by atoms with E-state index in [1.165, 1.54) is 17.0 Å². The molecule has 3 rings (SSSR count). The number of amides is 1. The predicted molar refractivity (Wildman–Crippen MR) is 120 cm³/mol. The van der Waals surface area contributed by atoms with Crippen LogP contribution in [-0.4, -0.2) is 69.0 Å². The Morgan fingerprint density at radius 1 is 1.06 bits per heavy atom. The number of benzene rings is 2. The van der Waals surface area contributed by atoms with Crippen LogP contribution in [0.3, 0.4) is 0 Å². The van der Waals surface area contributed by atoms with Gasteiger partial charge in [-0.15, -0.1) is 0 Å². The van der Waals surface area contributed by atoms with E-state index in [1.807, 2.05) is 18.2 Å². The summed E-state index contributed by atoms with van der Waals surface area (Å²) in [6.45, 7) is 0.416. The van der Waals surface area contributed by atoms with Gasteiger partial charge in [0.25, 0.3) is 11.6 Å². The predicted octanol–water partition coefficient (Wildman–Crippen LogP) is 2.44. The maximum absolute atomic E-state index is 13.2. The van der Waals surface area contributed by atoms with Gasteiger partial charge in [-0.1, -0.05) is 30.3 Å². The molecule has 10 heteroatoms. The SMILES string of the molecule is O=C1/C(=C\c2ccccc2[N+](=O)[O-])SC(=Nc2ccccc2)N1CN(CCO)CCO. The molecule has 9 nitrogen and oxygen atoms in total. The van der Waals surface area contributed by atoms with Crippen LogP contribution in [0.4, 0.5) is 11.4 Å². The van der Waals surface area contributed by atoms with Crippen molar-refractivity contribution in [1.29, 1.82) is 0 Å². The van der Waals surface area contributed by atoms with Crippen LogP contribution in [0.25, 0.3) is 6.08 Å². The minimum Gasteiger partial charge on any atom is -0.395 e. The molecule has 0 bridgehead atoms. The molecule has 0 aromatic heterocycles. The van der Waals surface area contributed by atoms with Gasteiger partial charge in [0.1, 0.15) is 0 Å². The van der Waals surface area contributed by atoms with E-state index in [-0.39, 0.29) is 44.6 Å². The van der Waals surface area contributed by atoms with Crippen LogP contribution in [0.15, 0.2) is 64.5 Å². The number of rotatable bonds is 9. The van der Waals surface area contributed by atoms with E-state index in [0.29, 0.717) is 21.3 Å². The van der Waals surface area contributed by atoms with Crippen LogP contribution in [0, 0.1) is 10.1 Å². The van der Waals surface area contributed by atoms with Gasteiger partial charge in [-0.3, -0.25) is 24.7 Å². The second-order valence-electron chi connectivity index (χ2n) is 6.60. The van der Waals surface area contributed by atoms with Crippen LogP contribution in [0.1, 0.15) is 5.56 Å². The van der Waals surface area contributed by atoms with Gasteiger partial charge < -0.3 is 10.2 Å². The summed E-state index contributed by atoms with van der Waals surface area (Å²) in [7, 11) is 0. The third kappa shape index (κ3) is 5.76. The van der Waals surface area contributed by atoms with Gasteiger partial charge in [0.15, 0.2) is 5.17 Å². The van der Waals surface area contributed by atoms with Crippen molar-refractivity contribution in [1.82, 2.24) is 9.80 Å². The minimum absolute atomic E-state index is 0.0921. The molecule has 0 unspecified atom stereocenters. The fraction of sp³-hybridized carbons (Fsp3) is 0.238. The lowest BCUT2D eigenvalue weighted by molar-refractivity contribution is -0.385.